The van der Waals surface area contributed by atoms with Gasteiger partial charge in [0.1, 0.15) is 6.61 Å². The highest BCUT2D eigenvalue weighted by atomic mass is 19.4. The number of aromatic nitrogens is 1. The minimum atomic E-state index is -4.40. The van der Waals surface area contributed by atoms with Crippen molar-refractivity contribution < 1.29 is 17.9 Å². The normalized spacial score (nSPS) is 16.5. The summed E-state index contributed by atoms with van der Waals surface area (Å²) in [7, 11) is 0. The van der Waals surface area contributed by atoms with Crippen LogP contribution in [0.5, 0.6) is 5.88 Å². The van der Waals surface area contributed by atoms with Crippen LogP contribution in [0.1, 0.15) is 32.3 Å². The Balaban J connectivity index is 1.77. The number of hydrogen-bond acceptors (Lipinski definition) is 4. The van der Waals surface area contributed by atoms with Crippen LogP contribution in [0.3, 0.4) is 0 Å². The van der Waals surface area contributed by atoms with E-state index < -0.39 is 11.7 Å². The summed E-state index contributed by atoms with van der Waals surface area (Å²) >= 11 is 0. The second-order valence-electron chi connectivity index (χ2n) is 7.14. The Morgan fingerprint density at radius 3 is 2.62 bits per heavy atom. The molecule has 0 unspecified atom stereocenters. The smallest absolute Gasteiger partial charge is 0.417 e. The van der Waals surface area contributed by atoms with Crippen molar-refractivity contribution in [2.24, 2.45) is 4.99 Å². The van der Waals surface area contributed by atoms with Gasteiger partial charge >= 0.3 is 6.18 Å². The highest BCUT2D eigenvalue weighted by molar-refractivity contribution is 5.80. The van der Waals surface area contributed by atoms with Crippen LogP contribution >= 0.6 is 0 Å². The molecule has 0 saturated carbocycles. The second kappa shape index (κ2) is 11.0. The predicted octanol–water partition coefficient (Wildman–Crippen LogP) is 3.07. The Morgan fingerprint density at radius 1 is 1.34 bits per heavy atom. The molecule has 1 aliphatic rings. The lowest BCUT2D eigenvalue weighted by molar-refractivity contribution is -0.137. The molecule has 162 valence electrons. The summed E-state index contributed by atoms with van der Waals surface area (Å²) in [6.07, 6.45) is -1.57. The molecule has 1 fully saturated rings. The fraction of sp³-hybridized carbons (Fsp3) is 0.600. The molecule has 1 saturated heterocycles. The fourth-order valence-corrected chi connectivity index (χ4v) is 3.07. The van der Waals surface area contributed by atoms with Gasteiger partial charge < -0.3 is 15.4 Å². The monoisotopic (exact) mass is 413 g/mol. The first kappa shape index (κ1) is 23.0. The lowest BCUT2D eigenvalue weighted by atomic mass is 10.0. The number of alkyl halides is 3. The van der Waals surface area contributed by atoms with Crippen molar-refractivity contribution >= 4 is 5.96 Å². The molecule has 0 bridgehead atoms. The predicted molar refractivity (Wildman–Crippen MR) is 108 cm³/mol. The standard InChI is InChI=1S/C20H30F3N5O/c1-4-24-19(27-17-7-10-28(11-8-17)14-15(2)3)25-9-12-29-18-6-5-16(13-26-18)20(21,22)23/h5-6,13,17H,2,4,7-12,14H2,1,3H3,(H2,24,25,27). The van der Waals surface area contributed by atoms with Crippen LogP contribution in [0.25, 0.3) is 0 Å². The number of guanidine groups is 1. The molecule has 2 N–H and O–H groups in total. The van der Waals surface area contributed by atoms with Crippen LogP contribution in [0, 0.1) is 0 Å². The average Bonchev–Trinajstić information content (AvgIpc) is 2.66. The van der Waals surface area contributed by atoms with E-state index in [1.165, 1.54) is 11.6 Å². The van der Waals surface area contributed by atoms with E-state index in [9.17, 15) is 13.2 Å². The van der Waals surface area contributed by atoms with Crippen molar-refractivity contribution in [1.82, 2.24) is 20.5 Å². The first-order chi connectivity index (χ1) is 13.8. The topological polar surface area (TPSA) is 61.8 Å². The number of ether oxygens (including phenoxy) is 1. The first-order valence-corrected chi connectivity index (χ1v) is 9.85. The SMILES string of the molecule is C=C(C)CN1CCC(NC(=NCCOc2ccc(C(F)(F)F)cn2)NCC)CC1. The molecule has 0 spiro atoms. The molecule has 2 heterocycles. The molecule has 9 heteroatoms. The van der Waals surface area contributed by atoms with Gasteiger partial charge in [0, 0.05) is 44.5 Å². The quantitative estimate of drug-likeness (QED) is 0.297. The third-order valence-corrected chi connectivity index (χ3v) is 4.44. The van der Waals surface area contributed by atoms with Crippen molar-refractivity contribution in [3.8, 4) is 5.88 Å². The molecule has 29 heavy (non-hydrogen) atoms. The molecule has 0 amide bonds. The maximum atomic E-state index is 12.5. The number of aliphatic imine (C=N–C) groups is 1. The summed E-state index contributed by atoms with van der Waals surface area (Å²) in [5.74, 6) is 0.867. The van der Waals surface area contributed by atoms with Gasteiger partial charge in [-0.15, -0.1) is 0 Å². The van der Waals surface area contributed by atoms with Crippen molar-refractivity contribution in [2.45, 2.75) is 38.9 Å². The number of pyridine rings is 1. The fourth-order valence-electron chi connectivity index (χ4n) is 3.07. The van der Waals surface area contributed by atoms with E-state index in [-0.39, 0.29) is 12.5 Å². The van der Waals surface area contributed by atoms with Crippen LogP contribution in [-0.2, 0) is 6.18 Å². The summed E-state index contributed by atoms with van der Waals surface area (Å²) in [6.45, 7) is 12.3. The summed E-state index contributed by atoms with van der Waals surface area (Å²) < 4.78 is 43.0. The van der Waals surface area contributed by atoms with Crippen LogP contribution in [0.2, 0.25) is 0 Å². The number of nitrogens with zero attached hydrogens (tertiary/aromatic N) is 3. The van der Waals surface area contributed by atoms with E-state index in [1.807, 2.05) is 13.8 Å². The van der Waals surface area contributed by atoms with Crippen LogP contribution in [-0.4, -0.2) is 61.2 Å². The van der Waals surface area contributed by atoms with E-state index in [1.54, 1.807) is 0 Å². The highest BCUT2D eigenvalue weighted by Gasteiger charge is 2.30. The molecular formula is C20H30F3N5O. The Labute approximate surface area is 170 Å². The molecule has 6 nitrogen and oxygen atoms in total. The minimum absolute atomic E-state index is 0.149. The Hall–Kier alpha value is -2.29. The number of rotatable bonds is 8. The number of nitrogens with one attached hydrogen (secondary N) is 2. The zero-order chi connectivity index (χ0) is 21.3. The first-order valence-electron chi connectivity index (χ1n) is 9.85. The lowest BCUT2D eigenvalue weighted by Crippen LogP contribution is -2.49. The zero-order valence-corrected chi connectivity index (χ0v) is 17.1. The van der Waals surface area contributed by atoms with Gasteiger partial charge in [0.2, 0.25) is 5.88 Å². The number of piperidine rings is 1. The van der Waals surface area contributed by atoms with Crippen LogP contribution < -0.4 is 15.4 Å². The number of halogens is 3. The van der Waals surface area contributed by atoms with Crippen LogP contribution in [0.15, 0.2) is 35.5 Å². The molecule has 1 aromatic rings. The van der Waals surface area contributed by atoms with Crippen LogP contribution in [0.4, 0.5) is 13.2 Å². The minimum Gasteiger partial charge on any atom is -0.476 e. The van der Waals surface area contributed by atoms with Gasteiger partial charge in [-0.2, -0.15) is 13.2 Å². The Morgan fingerprint density at radius 2 is 2.07 bits per heavy atom. The van der Waals surface area contributed by atoms with E-state index in [0.717, 1.165) is 57.2 Å². The van der Waals surface area contributed by atoms with Gasteiger partial charge in [-0.25, -0.2) is 9.98 Å². The molecule has 1 aliphatic heterocycles. The van der Waals surface area contributed by atoms with Gasteiger partial charge in [0.25, 0.3) is 0 Å². The van der Waals surface area contributed by atoms with Gasteiger partial charge in [0.15, 0.2) is 5.96 Å². The maximum Gasteiger partial charge on any atom is 0.417 e. The zero-order valence-electron chi connectivity index (χ0n) is 17.1. The second-order valence-corrected chi connectivity index (χ2v) is 7.14. The Kier molecular flexibility index (Phi) is 8.75. The summed E-state index contributed by atoms with van der Waals surface area (Å²) in [5, 5.41) is 6.66. The van der Waals surface area contributed by atoms with Gasteiger partial charge in [-0.1, -0.05) is 12.2 Å². The summed E-state index contributed by atoms with van der Waals surface area (Å²) in [6, 6.07) is 2.53. The van der Waals surface area contributed by atoms with E-state index >= 15 is 0 Å². The molecule has 0 aliphatic carbocycles. The summed E-state index contributed by atoms with van der Waals surface area (Å²) in [5.41, 5.74) is 0.379. The van der Waals surface area contributed by atoms with Crippen molar-refractivity contribution in [3.63, 3.8) is 0 Å². The highest BCUT2D eigenvalue weighted by Crippen LogP contribution is 2.29. The van der Waals surface area contributed by atoms with Gasteiger partial charge in [0.05, 0.1) is 12.1 Å². The molecule has 1 aromatic heterocycles. The molecule has 0 aromatic carbocycles. The third kappa shape index (κ3) is 8.31. The molecular weight excluding hydrogens is 383 g/mol. The maximum absolute atomic E-state index is 12.5. The van der Waals surface area contributed by atoms with E-state index in [4.69, 9.17) is 4.74 Å². The number of hydrogen-bond donors (Lipinski definition) is 2. The largest absolute Gasteiger partial charge is 0.476 e. The van der Waals surface area contributed by atoms with Gasteiger partial charge in [-0.3, -0.25) is 4.90 Å². The number of likely N-dealkylation sites (tertiary alicyclic amines) is 1. The summed E-state index contributed by atoms with van der Waals surface area (Å²) in [4.78, 5) is 10.6. The van der Waals surface area contributed by atoms with Crippen molar-refractivity contribution in [2.75, 3.05) is 39.3 Å². The lowest BCUT2D eigenvalue weighted by Gasteiger charge is -2.33. The Bertz CT molecular complexity index is 668. The molecule has 0 radical (unpaired) electrons. The molecule has 0 atom stereocenters. The van der Waals surface area contributed by atoms with E-state index in [2.05, 4.69) is 32.1 Å². The van der Waals surface area contributed by atoms with E-state index in [0.29, 0.717) is 12.6 Å². The third-order valence-electron chi connectivity index (χ3n) is 4.44. The molecule has 2 rings (SSSR count). The van der Waals surface area contributed by atoms with Gasteiger partial charge in [-0.05, 0) is 32.8 Å². The van der Waals surface area contributed by atoms with Crippen molar-refractivity contribution in [1.29, 1.82) is 0 Å². The van der Waals surface area contributed by atoms with Crippen molar-refractivity contribution in [3.05, 3.63) is 36.0 Å². The average molecular weight is 413 g/mol.